The largest absolute Gasteiger partial charge is 0.330 e. The van der Waals surface area contributed by atoms with Gasteiger partial charge in [-0.15, -0.1) is 0 Å². The van der Waals surface area contributed by atoms with Crippen LogP contribution in [0.3, 0.4) is 0 Å². The molecule has 0 bridgehead atoms. The quantitative estimate of drug-likeness (QED) is 0.737. The van der Waals surface area contributed by atoms with Crippen molar-refractivity contribution in [1.82, 2.24) is 8.75 Å². The Hall–Kier alpha value is -0.480. The third-order valence-corrected chi connectivity index (χ3v) is 2.22. The minimum absolute atomic E-state index is 0.594. The maximum atomic E-state index is 5.48. The molecule has 1 rings (SSSR count). The van der Waals surface area contributed by atoms with E-state index in [1.807, 2.05) is 6.20 Å². The molecule has 1 unspecified atom stereocenters. The lowest BCUT2D eigenvalue weighted by Gasteiger charge is -2.04. The first-order valence-electron chi connectivity index (χ1n) is 3.79. The zero-order chi connectivity index (χ0) is 8.10. The summed E-state index contributed by atoms with van der Waals surface area (Å²) in [4.78, 5) is 0. The van der Waals surface area contributed by atoms with Crippen LogP contribution in [0.1, 0.15) is 19.0 Å². The SMILES string of the molecule is CC(CN)CCc1cnsn1. The van der Waals surface area contributed by atoms with Gasteiger partial charge in [0.2, 0.25) is 0 Å². The summed E-state index contributed by atoms with van der Waals surface area (Å²) in [5, 5.41) is 0. The molecule has 0 aromatic carbocycles. The molecule has 0 spiro atoms. The van der Waals surface area contributed by atoms with Crippen LogP contribution < -0.4 is 5.73 Å². The van der Waals surface area contributed by atoms with E-state index in [4.69, 9.17) is 5.73 Å². The highest BCUT2D eigenvalue weighted by Gasteiger charge is 2.01. The van der Waals surface area contributed by atoms with Crippen LogP contribution in [0, 0.1) is 5.92 Å². The summed E-state index contributed by atoms with van der Waals surface area (Å²) in [5.74, 6) is 0.594. The van der Waals surface area contributed by atoms with Crippen molar-refractivity contribution >= 4 is 11.7 Å². The first kappa shape index (κ1) is 8.62. The highest BCUT2D eigenvalue weighted by Crippen LogP contribution is 2.06. The number of aryl methyl sites for hydroxylation is 1. The van der Waals surface area contributed by atoms with Crippen LogP contribution in [-0.4, -0.2) is 15.3 Å². The lowest BCUT2D eigenvalue weighted by Crippen LogP contribution is -2.11. The molecule has 0 amide bonds. The van der Waals surface area contributed by atoms with Gasteiger partial charge in [0.1, 0.15) is 0 Å². The van der Waals surface area contributed by atoms with Gasteiger partial charge in [-0.25, -0.2) is 0 Å². The average Bonchev–Trinajstić information content (AvgIpc) is 2.52. The summed E-state index contributed by atoms with van der Waals surface area (Å²) in [5.41, 5.74) is 6.57. The van der Waals surface area contributed by atoms with Crippen LogP contribution in [0.4, 0.5) is 0 Å². The molecule has 3 nitrogen and oxygen atoms in total. The second-order valence-corrected chi connectivity index (χ2v) is 3.34. The number of nitrogens with zero attached hydrogens (tertiary/aromatic N) is 2. The van der Waals surface area contributed by atoms with E-state index in [2.05, 4.69) is 15.7 Å². The van der Waals surface area contributed by atoms with E-state index in [-0.39, 0.29) is 0 Å². The fourth-order valence-electron chi connectivity index (χ4n) is 0.806. The minimum Gasteiger partial charge on any atom is -0.330 e. The molecule has 0 aliphatic heterocycles. The van der Waals surface area contributed by atoms with Gasteiger partial charge in [0, 0.05) is 0 Å². The number of aromatic nitrogens is 2. The number of nitrogens with two attached hydrogens (primary N) is 1. The zero-order valence-electron chi connectivity index (χ0n) is 6.66. The van der Waals surface area contributed by atoms with Crippen molar-refractivity contribution in [2.75, 3.05) is 6.54 Å². The molecule has 1 aromatic rings. The van der Waals surface area contributed by atoms with Gasteiger partial charge in [-0.3, -0.25) is 0 Å². The Bertz CT molecular complexity index is 186. The van der Waals surface area contributed by atoms with Crippen LogP contribution in [0.2, 0.25) is 0 Å². The van der Waals surface area contributed by atoms with Gasteiger partial charge in [0.15, 0.2) is 0 Å². The van der Waals surface area contributed by atoms with Gasteiger partial charge in [0.05, 0.1) is 23.6 Å². The third-order valence-electron chi connectivity index (χ3n) is 1.70. The number of hydrogen-bond acceptors (Lipinski definition) is 4. The summed E-state index contributed by atoms with van der Waals surface area (Å²) in [7, 11) is 0. The Morgan fingerprint density at radius 1 is 1.73 bits per heavy atom. The smallest absolute Gasteiger partial charge is 0.0743 e. The molecule has 11 heavy (non-hydrogen) atoms. The van der Waals surface area contributed by atoms with Crippen molar-refractivity contribution in [3.63, 3.8) is 0 Å². The van der Waals surface area contributed by atoms with Crippen molar-refractivity contribution in [3.05, 3.63) is 11.9 Å². The first-order valence-corrected chi connectivity index (χ1v) is 4.52. The van der Waals surface area contributed by atoms with Gasteiger partial charge in [0.25, 0.3) is 0 Å². The normalized spacial score (nSPS) is 13.3. The fourth-order valence-corrected chi connectivity index (χ4v) is 1.27. The Morgan fingerprint density at radius 3 is 3.09 bits per heavy atom. The second-order valence-electron chi connectivity index (χ2n) is 2.78. The van der Waals surface area contributed by atoms with E-state index in [1.54, 1.807) is 0 Å². The average molecular weight is 171 g/mol. The van der Waals surface area contributed by atoms with Gasteiger partial charge < -0.3 is 5.73 Å². The van der Waals surface area contributed by atoms with Gasteiger partial charge in [-0.2, -0.15) is 8.75 Å². The summed E-state index contributed by atoms with van der Waals surface area (Å²) in [6.07, 6.45) is 3.95. The second kappa shape index (κ2) is 4.41. The van der Waals surface area contributed by atoms with Crippen molar-refractivity contribution < 1.29 is 0 Å². The fraction of sp³-hybridized carbons (Fsp3) is 0.714. The first-order chi connectivity index (χ1) is 5.33. The van der Waals surface area contributed by atoms with Crippen molar-refractivity contribution in [1.29, 1.82) is 0 Å². The summed E-state index contributed by atoms with van der Waals surface area (Å²) in [6, 6.07) is 0. The van der Waals surface area contributed by atoms with Crippen molar-refractivity contribution in [3.8, 4) is 0 Å². The molecule has 0 radical (unpaired) electrons. The Labute approximate surface area is 71.0 Å². The zero-order valence-corrected chi connectivity index (χ0v) is 7.47. The lowest BCUT2D eigenvalue weighted by molar-refractivity contribution is 0.542. The highest BCUT2D eigenvalue weighted by atomic mass is 32.1. The van der Waals surface area contributed by atoms with Crippen LogP contribution in [-0.2, 0) is 6.42 Å². The maximum Gasteiger partial charge on any atom is 0.0743 e. The standard InChI is InChI=1S/C7H13N3S/c1-6(4-8)2-3-7-5-9-11-10-7/h5-6H,2-4,8H2,1H3. The molecule has 4 heteroatoms. The Kier molecular flexibility index (Phi) is 3.45. The number of hydrogen-bond donors (Lipinski definition) is 1. The molecular formula is C7H13N3S. The molecule has 1 aromatic heterocycles. The highest BCUT2D eigenvalue weighted by molar-refractivity contribution is 6.99. The lowest BCUT2D eigenvalue weighted by atomic mass is 10.1. The minimum atomic E-state index is 0.594. The van der Waals surface area contributed by atoms with Crippen LogP contribution in [0.5, 0.6) is 0 Å². The van der Waals surface area contributed by atoms with E-state index in [1.165, 1.54) is 11.7 Å². The summed E-state index contributed by atoms with van der Waals surface area (Å²) < 4.78 is 8.04. The van der Waals surface area contributed by atoms with E-state index in [0.29, 0.717) is 5.92 Å². The van der Waals surface area contributed by atoms with Crippen molar-refractivity contribution in [2.45, 2.75) is 19.8 Å². The van der Waals surface area contributed by atoms with Crippen LogP contribution >= 0.6 is 11.7 Å². The monoisotopic (exact) mass is 171 g/mol. The van der Waals surface area contributed by atoms with Crippen LogP contribution in [0.15, 0.2) is 6.20 Å². The van der Waals surface area contributed by atoms with Crippen LogP contribution in [0.25, 0.3) is 0 Å². The molecule has 0 saturated heterocycles. The molecule has 1 atom stereocenters. The number of rotatable bonds is 4. The van der Waals surface area contributed by atoms with Crippen molar-refractivity contribution in [2.24, 2.45) is 11.7 Å². The molecule has 2 N–H and O–H groups in total. The van der Waals surface area contributed by atoms with Gasteiger partial charge in [-0.1, -0.05) is 6.92 Å². The van der Waals surface area contributed by atoms with Gasteiger partial charge in [-0.05, 0) is 25.3 Å². The predicted molar refractivity (Wildman–Crippen MR) is 46.4 cm³/mol. The maximum absolute atomic E-state index is 5.48. The molecule has 0 saturated carbocycles. The van der Waals surface area contributed by atoms with E-state index >= 15 is 0 Å². The molecule has 62 valence electrons. The van der Waals surface area contributed by atoms with E-state index < -0.39 is 0 Å². The van der Waals surface area contributed by atoms with Gasteiger partial charge >= 0.3 is 0 Å². The molecule has 0 aliphatic rings. The molecule has 1 heterocycles. The Morgan fingerprint density at radius 2 is 2.55 bits per heavy atom. The molecular weight excluding hydrogens is 158 g/mol. The topological polar surface area (TPSA) is 51.8 Å². The Balaban J connectivity index is 2.23. The summed E-state index contributed by atoms with van der Waals surface area (Å²) in [6.45, 7) is 2.91. The molecule has 0 aliphatic carbocycles. The third kappa shape index (κ3) is 2.95. The summed E-state index contributed by atoms with van der Waals surface area (Å²) >= 11 is 1.27. The van der Waals surface area contributed by atoms with E-state index in [9.17, 15) is 0 Å². The predicted octanol–water partition coefficient (Wildman–Crippen LogP) is 1.07. The molecule has 0 fully saturated rings. The van der Waals surface area contributed by atoms with E-state index in [0.717, 1.165) is 25.1 Å².